The third-order valence-electron chi connectivity index (χ3n) is 3.85. The number of ether oxygens (including phenoxy) is 1. The molecule has 17 heavy (non-hydrogen) atoms. The van der Waals surface area contributed by atoms with Crippen LogP contribution in [0.2, 0.25) is 0 Å². The van der Waals surface area contributed by atoms with Crippen LogP contribution in [0.5, 0.6) is 0 Å². The SMILES string of the molecule is CCOC(=O)C1(C2CCCC2)CC(CC)=NO1. The maximum Gasteiger partial charge on any atom is 0.354 e. The molecule has 4 heteroatoms. The Labute approximate surface area is 102 Å². The van der Waals surface area contributed by atoms with Crippen molar-refractivity contribution in [2.75, 3.05) is 6.61 Å². The number of nitrogens with zero attached hydrogens (tertiary/aromatic N) is 1. The largest absolute Gasteiger partial charge is 0.463 e. The highest BCUT2D eigenvalue weighted by Gasteiger charge is 2.54. The fourth-order valence-corrected chi connectivity index (χ4v) is 2.84. The summed E-state index contributed by atoms with van der Waals surface area (Å²) in [5.41, 5.74) is 0.169. The van der Waals surface area contributed by atoms with Gasteiger partial charge in [0.1, 0.15) is 0 Å². The van der Waals surface area contributed by atoms with Crippen LogP contribution in [0.3, 0.4) is 0 Å². The van der Waals surface area contributed by atoms with Crippen LogP contribution in [0.4, 0.5) is 0 Å². The van der Waals surface area contributed by atoms with Gasteiger partial charge >= 0.3 is 5.97 Å². The minimum Gasteiger partial charge on any atom is -0.463 e. The number of carbonyl (C=O) groups is 1. The molecule has 1 heterocycles. The molecule has 2 aliphatic rings. The predicted molar refractivity (Wildman–Crippen MR) is 64.8 cm³/mol. The van der Waals surface area contributed by atoms with Gasteiger partial charge in [-0.15, -0.1) is 0 Å². The van der Waals surface area contributed by atoms with Crippen molar-refractivity contribution in [3.05, 3.63) is 0 Å². The standard InChI is InChI=1S/C13H21NO3/c1-3-11-9-13(17-14-11,12(15)16-4-2)10-7-5-6-8-10/h10H,3-9H2,1-2H3. The van der Waals surface area contributed by atoms with Gasteiger partial charge in [-0.05, 0) is 26.2 Å². The lowest BCUT2D eigenvalue weighted by Gasteiger charge is -2.30. The van der Waals surface area contributed by atoms with Gasteiger partial charge in [0.2, 0.25) is 5.60 Å². The first-order valence-electron chi connectivity index (χ1n) is 6.64. The van der Waals surface area contributed by atoms with Crippen LogP contribution in [-0.4, -0.2) is 23.9 Å². The highest BCUT2D eigenvalue weighted by Crippen LogP contribution is 2.42. The summed E-state index contributed by atoms with van der Waals surface area (Å²) < 4.78 is 5.20. The summed E-state index contributed by atoms with van der Waals surface area (Å²) in [6.45, 7) is 4.27. The molecule has 0 amide bonds. The molecule has 1 aliphatic heterocycles. The van der Waals surface area contributed by atoms with E-state index < -0.39 is 5.60 Å². The van der Waals surface area contributed by atoms with E-state index in [-0.39, 0.29) is 11.9 Å². The number of rotatable bonds is 4. The Morgan fingerprint density at radius 1 is 1.47 bits per heavy atom. The minimum atomic E-state index is -0.808. The molecule has 0 spiro atoms. The second-order valence-electron chi connectivity index (χ2n) is 4.87. The Morgan fingerprint density at radius 2 is 2.18 bits per heavy atom. The van der Waals surface area contributed by atoms with Crippen LogP contribution >= 0.6 is 0 Å². The molecule has 1 unspecified atom stereocenters. The van der Waals surface area contributed by atoms with Crippen molar-refractivity contribution in [2.45, 2.75) is 58.0 Å². The molecule has 0 aromatic carbocycles. The van der Waals surface area contributed by atoms with Crippen molar-refractivity contribution in [3.63, 3.8) is 0 Å². The smallest absolute Gasteiger partial charge is 0.354 e. The van der Waals surface area contributed by atoms with Crippen molar-refractivity contribution >= 4 is 11.7 Å². The summed E-state index contributed by atoms with van der Waals surface area (Å²) in [6.07, 6.45) is 5.91. The Balaban J connectivity index is 2.15. The van der Waals surface area contributed by atoms with Gasteiger partial charge in [0.25, 0.3) is 0 Å². The second-order valence-corrected chi connectivity index (χ2v) is 4.87. The molecule has 96 valence electrons. The summed E-state index contributed by atoms with van der Waals surface area (Å²) >= 11 is 0. The Hall–Kier alpha value is -1.06. The fraction of sp³-hybridized carbons (Fsp3) is 0.846. The van der Waals surface area contributed by atoms with Crippen LogP contribution in [0, 0.1) is 5.92 Å². The van der Waals surface area contributed by atoms with Gasteiger partial charge in [-0.1, -0.05) is 24.9 Å². The van der Waals surface area contributed by atoms with E-state index in [1.807, 2.05) is 13.8 Å². The molecule has 0 N–H and O–H groups in total. The van der Waals surface area contributed by atoms with Crippen LogP contribution in [0.1, 0.15) is 52.4 Å². The normalized spacial score (nSPS) is 28.9. The summed E-state index contributed by atoms with van der Waals surface area (Å²) in [5, 5.41) is 4.07. The van der Waals surface area contributed by atoms with Crippen LogP contribution in [0.25, 0.3) is 0 Å². The first-order valence-corrected chi connectivity index (χ1v) is 6.64. The zero-order valence-electron chi connectivity index (χ0n) is 10.7. The van der Waals surface area contributed by atoms with Crippen molar-refractivity contribution < 1.29 is 14.4 Å². The maximum atomic E-state index is 12.2. The number of oxime groups is 1. The molecular weight excluding hydrogens is 218 g/mol. The van der Waals surface area contributed by atoms with Crippen LogP contribution in [-0.2, 0) is 14.4 Å². The summed E-state index contributed by atoms with van der Waals surface area (Å²) in [7, 11) is 0. The van der Waals surface area contributed by atoms with E-state index in [0.29, 0.717) is 13.0 Å². The molecule has 1 fully saturated rings. The number of carbonyl (C=O) groups excluding carboxylic acids is 1. The summed E-state index contributed by atoms with van der Waals surface area (Å²) in [5.74, 6) is 0.0495. The zero-order valence-corrected chi connectivity index (χ0v) is 10.7. The van der Waals surface area contributed by atoms with Gasteiger partial charge in [-0.3, -0.25) is 0 Å². The minimum absolute atomic E-state index is 0.223. The average Bonchev–Trinajstić information content (AvgIpc) is 2.99. The topological polar surface area (TPSA) is 47.9 Å². The van der Waals surface area contributed by atoms with Gasteiger partial charge < -0.3 is 9.57 Å². The lowest BCUT2D eigenvalue weighted by Crippen LogP contribution is -2.46. The summed E-state index contributed by atoms with van der Waals surface area (Å²) in [6, 6.07) is 0. The maximum absolute atomic E-state index is 12.2. The first-order chi connectivity index (χ1) is 8.23. The third kappa shape index (κ3) is 2.17. The molecule has 0 saturated heterocycles. The van der Waals surface area contributed by atoms with E-state index >= 15 is 0 Å². The number of hydrogen-bond donors (Lipinski definition) is 0. The lowest BCUT2D eigenvalue weighted by molar-refractivity contribution is -0.176. The summed E-state index contributed by atoms with van der Waals surface area (Å²) in [4.78, 5) is 17.8. The molecule has 0 radical (unpaired) electrons. The van der Waals surface area contributed by atoms with E-state index in [1.54, 1.807) is 0 Å². The van der Waals surface area contributed by atoms with Gasteiger partial charge in [0.05, 0.1) is 12.3 Å². The van der Waals surface area contributed by atoms with Crippen LogP contribution < -0.4 is 0 Å². The van der Waals surface area contributed by atoms with Crippen LogP contribution in [0.15, 0.2) is 5.16 Å². The molecule has 1 saturated carbocycles. The molecule has 1 aliphatic carbocycles. The monoisotopic (exact) mass is 239 g/mol. The molecule has 0 bridgehead atoms. The molecule has 4 nitrogen and oxygen atoms in total. The van der Waals surface area contributed by atoms with E-state index in [2.05, 4.69) is 5.16 Å². The van der Waals surface area contributed by atoms with Crippen molar-refractivity contribution in [1.29, 1.82) is 0 Å². The lowest BCUT2D eigenvalue weighted by atomic mass is 9.82. The van der Waals surface area contributed by atoms with Gasteiger partial charge in [0, 0.05) is 12.3 Å². The second kappa shape index (κ2) is 5.07. The average molecular weight is 239 g/mol. The molecule has 0 aromatic rings. The van der Waals surface area contributed by atoms with Crippen molar-refractivity contribution in [3.8, 4) is 0 Å². The molecular formula is C13H21NO3. The molecule has 1 atom stereocenters. The predicted octanol–water partition coefficient (Wildman–Crippen LogP) is 2.66. The first kappa shape index (κ1) is 12.4. The molecule has 2 rings (SSSR count). The van der Waals surface area contributed by atoms with Crippen molar-refractivity contribution in [1.82, 2.24) is 0 Å². The quantitative estimate of drug-likeness (QED) is 0.709. The van der Waals surface area contributed by atoms with Gasteiger partial charge in [-0.25, -0.2) is 4.79 Å². The third-order valence-corrected chi connectivity index (χ3v) is 3.85. The Bertz CT molecular complexity index is 321. The number of esters is 1. The van der Waals surface area contributed by atoms with E-state index in [4.69, 9.17) is 9.57 Å². The van der Waals surface area contributed by atoms with E-state index in [1.165, 1.54) is 12.8 Å². The van der Waals surface area contributed by atoms with Crippen molar-refractivity contribution in [2.24, 2.45) is 11.1 Å². The van der Waals surface area contributed by atoms with Gasteiger partial charge in [0.15, 0.2) is 0 Å². The zero-order chi connectivity index (χ0) is 12.3. The van der Waals surface area contributed by atoms with Gasteiger partial charge in [-0.2, -0.15) is 0 Å². The van der Waals surface area contributed by atoms with E-state index in [0.717, 1.165) is 25.0 Å². The fourth-order valence-electron chi connectivity index (χ4n) is 2.84. The highest BCUT2D eigenvalue weighted by molar-refractivity contribution is 5.93. The Kier molecular flexibility index (Phi) is 3.69. The van der Waals surface area contributed by atoms with E-state index in [9.17, 15) is 4.79 Å². The highest BCUT2D eigenvalue weighted by atomic mass is 16.7. The number of hydrogen-bond acceptors (Lipinski definition) is 4. The molecule has 0 aromatic heterocycles. The Morgan fingerprint density at radius 3 is 2.71 bits per heavy atom.